The molecule has 3 rings (SSSR count). The van der Waals surface area contributed by atoms with Crippen molar-refractivity contribution in [2.75, 3.05) is 0 Å². The van der Waals surface area contributed by atoms with Gasteiger partial charge < -0.3 is 4.98 Å². The van der Waals surface area contributed by atoms with Crippen LogP contribution in [-0.2, 0) is 6.18 Å². The van der Waals surface area contributed by atoms with Crippen LogP contribution < -0.4 is 0 Å². The van der Waals surface area contributed by atoms with Crippen molar-refractivity contribution in [3.63, 3.8) is 0 Å². The fraction of sp³-hybridized carbons (Fsp3) is 0.176. The fourth-order valence-electron chi connectivity index (χ4n) is 2.45. The van der Waals surface area contributed by atoms with Gasteiger partial charge in [0, 0.05) is 22.7 Å². The topological polar surface area (TPSA) is 15.8 Å². The molecule has 2 aromatic carbocycles. The Hall–Kier alpha value is -2.23. The molecule has 0 bridgehead atoms. The monoisotopic (exact) mass is 289 g/mol. The first kappa shape index (κ1) is 13.7. The third-order valence-corrected chi connectivity index (χ3v) is 3.83. The molecule has 0 aliphatic carbocycles. The number of H-pyrrole nitrogens is 1. The molecule has 1 N–H and O–H groups in total. The number of rotatable bonds is 1. The van der Waals surface area contributed by atoms with Crippen molar-refractivity contribution in [3.05, 3.63) is 59.3 Å². The molecule has 0 spiro atoms. The van der Waals surface area contributed by atoms with Gasteiger partial charge in [0.05, 0.1) is 5.56 Å². The zero-order chi connectivity index (χ0) is 15.2. The van der Waals surface area contributed by atoms with Gasteiger partial charge in [-0.2, -0.15) is 13.2 Å². The fourth-order valence-corrected chi connectivity index (χ4v) is 2.45. The molecule has 0 saturated carbocycles. The molecule has 0 amide bonds. The van der Waals surface area contributed by atoms with E-state index < -0.39 is 11.7 Å². The van der Waals surface area contributed by atoms with Crippen LogP contribution in [0.1, 0.15) is 16.7 Å². The van der Waals surface area contributed by atoms with E-state index in [0.717, 1.165) is 34.2 Å². The van der Waals surface area contributed by atoms with E-state index >= 15 is 0 Å². The Bertz CT molecular complexity index is 813. The van der Waals surface area contributed by atoms with Gasteiger partial charge in [-0.25, -0.2) is 0 Å². The summed E-state index contributed by atoms with van der Waals surface area (Å²) in [5.41, 5.74) is 4.14. The van der Waals surface area contributed by atoms with Gasteiger partial charge in [0.1, 0.15) is 0 Å². The Morgan fingerprint density at radius 3 is 2.33 bits per heavy atom. The Balaban J connectivity index is 2.14. The molecule has 0 fully saturated rings. The van der Waals surface area contributed by atoms with Gasteiger partial charge in [-0.15, -0.1) is 0 Å². The lowest BCUT2D eigenvalue weighted by atomic mass is 9.99. The van der Waals surface area contributed by atoms with Gasteiger partial charge in [-0.3, -0.25) is 0 Å². The van der Waals surface area contributed by atoms with Crippen LogP contribution in [0.25, 0.3) is 22.0 Å². The Labute approximate surface area is 120 Å². The number of aromatic nitrogens is 1. The number of aryl methyl sites for hydroxylation is 2. The number of benzene rings is 2. The van der Waals surface area contributed by atoms with Crippen LogP contribution in [0.15, 0.2) is 42.6 Å². The summed E-state index contributed by atoms with van der Waals surface area (Å²) in [4.78, 5) is 2.93. The van der Waals surface area contributed by atoms with Crippen LogP contribution in [0, 0.1) is 13.8 Å². The van der Waals surface area contributed by atoms with Gasteiger partial charge >= 0.3 is 6.18 Å². The highest BCUT2D eigenvalue weighted by Gasteiger charge is 2.30. The van der Waals surface area contributed by atoms with Crippen molar-refractivity contribution in [1.82, 2.24) is 4.98 Å². The first-order chi connectivity index (χ1) is 9.86. The Morgan fingerprint density at radius 1 is 0.905 bits per heavy atom. The van der Waals surface area contributed by atoms with Crippen LogP contribution in [0.4, 0.5) is 13.2 Å². The largest absolute Gasteiger partial charge is 0.416 e. The average molecular weight is 289 g/mol. The molecule has 0 unspecified atom stereocenters. The number of alkyl halides is 3. The van der Waals surface area contributed by atoms with Gasteiger partial charge in [0.2, 0.25) is 0 Å². The lowest BCUT2D eigenvalue weighted by Crippen LogP contribution is -2.04. The van der Waals surface area contributed by atoms with Gasteiger partial charge in [-0.05, 0) is 42.7 Å². The third kappa shape index (κ3) is 2.42. The second-order valence-corrected chi connectivity index (χ2v) is 5.26. The third-order valence-electron chi connectivity index (χ3n) is 3.83. The molecule has 3 aromatic rings. The second-order valence-electron chi connectivity index (χ2n) is 5.26. The van der Waals surface area contributed by atoms with E-state index in [1.807, 2.05) is 26.0 Å². The molecule has 1 nitrogen and oxygen atoms in total. The first-order valence-corrected chi connectivity index (χ1v) is 6.62. The Kier molecular flexibility index (Phi) is 3.04. The normalized spacial score (nSPS) is 12.0. The van der Waals surface area contributed by atoms with Gasteiger partial charge in [0.15, 0.2) is 0 Å². The summed E-state index contributed by atoms with van der Waals surface area (Å²) in [5.74, 6) is 0. The lowest BCUT2D eigenvalue weighted by Gasteiger charge is -2.07. The molecule has 108 valence electrons. The van der Waals surface area contributed by atoms with Crippen LogP contribution in [0.2, 0.25) is 0 Å². The maximum Gasteiger partial charge on any atom is 0.416 e. The van der Waals surface area contributed by atoms with E-state index in [2.05, 4.69) is 11.1 Å². The molecule has 21 heavy (non-hydrogen) atoms. The minimum atomic E-state index is -4.32. The second kappa shape index (κ2) is 4.65. The first-order valence-electron chi connectivity index (χ1n) is 6.62. The van der Waals surface area contributed by atoms with Crippen LogP contribution in [0.5, 0.6) is 0 Å². The van der Waals surface area contributed by atoms with Crippen molar-refractivity contribution >= 4 is 10.9 Å². The highest BCUT2D eigenvalue weighted by Crippen LogP contribution is 2.35. The van der Waals surface area contributed by atoms with E-state index in [1.165, 1.54) is 11.6 Å². The van der Waals surface area contributed by atoms with E-state index in [4.69, 9.17) is 0 Å². The number of fused-ring (bicyclic) bond motifs is 1. The predicted octanol–water partition coefficient (Wildman–Crippen LogP) is 5.47. The summed E-state index contributed by atoms with van der Waals surface area (Å²) < 4.78 is 38.2. The lowest BCUT2D eigenvalue weighted by molar-refractivity contribution is -0.137. The zero-order valence-corrected chi connectivity index (χ0v) is 11.7. The predicted molar refractivity (Wildman–Crippen MR) is 78.2 cm³/mol. The smallest absolute Gasteiger partial charge is 0.361 e. The van der Waals surface area contributed by atoms with Gasteiger partial charge in [-0.1, -0.05) is 24.3 Å². The molecular weight excluding hydrogens is 275 g/mol. The molecule has 1 aromatic heterocycles. The molecule has 0 saturated heterocycles. The average Bonchev–Trinajstić information content (AvgIpc) is 2.84. The minimum absolute atomic E-state index is 0.498. The standard InChI is InChI=1S/C17H14F3N/c1-10-3-4-12(7-11(10)2)15-9-21-16-8-13(17(18,19)20)5-6-14(15)16/h3-9,21H,1-2H3. The van der Waals surface area contributed by atoms with E-state index in [-0.39, 0.29) is 0 Å². The summed E-state index contributed by atoms with van der Waals surface area (Å²) in [7, 11) is 0. The summed E-state index contributed by atoms with van der Waals surface area (Å²) in [6.45, 7) is 4.05. The SMILES string of the molecule is Cc1ccc(-c2c[nH]c3cc(C(F)(F)F)ccc23)cc1C. The highest BCUT2D eigenvalue weighted by atomic mass is 19.4. The number of hydrogen-bond acceptors (Lipinski definition) is 0. The van der Waals surface area contributed by atoms with Crippen molar-refractivity contribution in [3.8, 4) is 11.1 Å². The van der Waals surface area contributed by atoms with Gasteiger partial charge in [0.25, 0.3) is 0 Å². The van der Waals surface area contributed by atoms with Crippen molar-refractivity contribution in [2.45, 2.75) is 20.0 Å². The van der Waals surface area contributed by atoms with E-state index in [9.17, 15) is 13.2 Å². The van der Waals surface area contributed by atoms with E-state index in [0.29, 0.717) is 5.52 Å². The highest BCUT2D eigenvalue weighted by molar-refractivity contribution is 5.96. The summed E-state index contributed by atoms with van der Waals surface area (Å²) in [6, 6.07) is 9.87. The van der Waals surface area contributed by atoms with Crippen LogP contribution in [-0.4, -0.2) is 4.98 Å². The minimum Gasteiger partial charge on any atom is -0.361 e. The maximum absolute atomic E-state index is 12.7. The quantitative estimate of drug-likeness (QED) is 0.611. The summed E-state index contributed by atoms with van der Waals surface area (Å²) in [5, 5.41) is 0.797. The van der Waals surface area contributed by atoms with Crippen molar-refractivity contribution in [1.29, 1.82) is 0 Å². The summed E-state index contributed by atoms with van der Waals surface area (Å²) >= 11 is 0. The number of halogens is 3. The maximum atomic E-state index is 12.7. The molecule has 0 aliphatic heterocycles. The number of hydrogen-bond donors (Lipinski definition) is 1. The molecule has 0 atom stereocenters. The molecule has 1 heterocycles. The van der Waals surface area contributed by atoms with Crippen molar-refractivity contribution in [2.24, 2.45) is 0 Å². The zero-order valence-electron chi connectivity index (χ0n) is 11.7. The molecular formula is C17H14F3N. The van der Waals surface area contributed by atoms with Crippen molar-refractivity contribution < 1.29 is 13.2 Å². The number of aromatic amines is 1. The Morgan fingerprint density at radius 2 is 1.67 bits per heavy atom. The van der Waals surface area contributed by atoms with Crippen LogP contribution >= 0.6 is 0 Å². The van der Waals surface area contributed by atoms with Crippen LogP contribution in [0.3, 0.4) is 0 Å². The molecule has 0 aliphatic rings. The summed E-state index contributed by atoms with van der Waals surface area (Å²) in [6.07, 6.45) is -2.56. The van der Waals surface area contributed by atoms with E-state index in [1.54, 1.807) is 6.20 Å². The molecule has 4 heteroatoms. The molecule has 0 radical (unpaired) electrons. The number of nitrogens with one attached hydrogen (secondary N) is 1.